The zero-order chi connectivity index (χ0) is 9.68. The molecule has 0 spiro atoms. The minimum Gasteiger partial charge on any atom is -0.399 e. The Bertz CT molecular complexity index is 248. The second-order valence-electron chi connectivity index (χ2n) is 2.96. The Labute approximate surface area is 78.1 Å². The lowest BCUT2D eigenvalue weighted by Gasteiger charge is -2.04. The molecule has 6 N–H and O–H groups in total. The van der Waals surface area contributed by atoms with Crippen molar-refractivity contribution in [2.45, 2.75) is 12.8 Å². The van der Waals surface area contributed by atoms with Crippen LogP contribution in [0, 0.1) is 0 Å². The molecule has 1 heterocycles. The standard InChI is InChI=1S/C9H16N4/c10-3-1-8-5-7(12)6-9(13-8)2-4-11/h5-6H,1-4,10-11H2,(H2,12,13). The van der Waals surface area contributed by atoms with Crippen molar-refractivity contribution in [3.63, 3.8) is 0 Å². The molecule has 0 saturated carbocycles. The van der Waals surface area contributed by atoms with E-state index < -0.39 is 0 Å². The van der Waals surface area contributed by atoms with E-state index in [9.17, 15) is 0 Å². The van der Waals surface area contributed by atoms with Gasteiger partial charge in [-0.05, 0) is 25.2 Å². The molecule has 4 nitrogen and oxygen atoms in total. The first-order valence-electron chi connectivity index (χ1n) is 4.41. The van der Waals surface area contributed by atoms with E-state index >= 15 is 0 Å². The number of hydrogen-bond acceptors (Lipinski definition) is 4. The van der Waals surface area contributed by atoms with Gasteiger partial charge in [-0.2, -0.15) is 0 Å². The molecule has 0 aliphatic heterocycles. The van der Waals surface area contributed by atoms with Gasteiger partial charge in [0.25, 0.3) is 0 Å². The van der Waals surface area contributed by atoms with Crippen LogP contribution in [0.3, 0.4) is 0 Å². The highest BCUT2D eigenvalue weighted by Gasteiger charge is 1.99. The summed E-state index contributed by atoms with van der Waals surface area (Å²) in [6.45, 7) is 1.19. The van der Waals surface area contributed by atoms with Crippen molar-refractivity contribution in [3.8, 4) is 0 Å². The molecule has 1 aromatic rings. The molecule has 1 aromatic heterocycles. The fourth-order valence-corrected chi connectivity index (χ4v) is 1.23. The van der Waals surface area contributed by atoms with Crippen LogP contribution in [0.2, 0.25) is 0 Å². The largest absolute Gasteiger partial charge is 0.399 e. The molecule has 0 aliphatic carbocycles. The average molecular weight is 180 g/mol. The van der Waals surface area contributed by atoms with E-state index in [2.05, 4.69) is 4.98 Å². The predicted molar refractivity (Wildman–Crippen MR) is 54.2 cm³/mol. The summed E-state index contributed by atoms with van der Waals surface area (Å²) in [5.74, 6) is 0. The van der Waals surface area contributed by atoms with E-state index in [1.165, 1.54) is 0 Å². The van der Waals surface area contributed by atoms with Crippen LogP contribution in [0.5, 0.6) is 0 Å². The molecule has 72 valence electrons. The number of aromatic nitrogens is 1. The summed E-state index contributed by atoms with van der Waals surface area (Å²) in [7, 11) is 0. The fraction of sp³-hybridized carbons (Fsp3) is 0.444. The van der Waals surface area contributed by atoms with Gasteiger partial charge in [0, 0.05) is 29.9 Å². The van der Waals surface area contributed by atoms with E-state index in [1.807, 2.05) is 12.1 Å². The summed E-state index contributed by atoms with van der Waals surface area (Å²) in [4.78, 5) is 4.37. The number of nitrogens with zero attached hydrogens (tertiary/aromatic N) is 1. The van der Waals surface area contributed by atoms with Crippen molar-refractivity contribution in [2.75, 3.05) is 18.8 Å². The molecule has 0 atom stereocenters. The maximum atomic E-state index is 5.70. The first-order valence-corrected chi connectivity index (χ1v) is 4.41. The van der Waals surface area contributed by atoms with Crippen LogP contribution in [-0.2, 0) is 12.8 Å². The monoisotopic (exact) mass is 180 g/mol. The maximum Gasteiger partial charge on any atom is 0.0439 e. The third kappa shape index (κ3) is 3.01. The SMILES string of the molecule is NCCc1cc(N)cc(CCN)n1. The number of nitrogen functional groups attached to an aromatic ring is 1. The van der Waals surface area contributed by atoms with Crippen molar-refractivity contribution >= 4 is 5.69 Å². The molecular formula is C9H16N4. The summed E-state index contributed by atoms with van der Waals surface area (Å²) in [5.41, 5.74) is 19.2. The van der Waals surface area contributed by atoms with Crippen molar-refractivity contribution < 1.29 is 0 Å². The van der Waals surface area contributed by atoms with Crippen LogP contribution < -0.4 is 17.2 Å². The Morgan fingerprint density at radius 1 is 1.00 bits per heavy atom. The average Bonchev–Trinajstić information content (AvgIpc) is 2.04. The van der Waals surface area contributed by atoms with Crippen LogP contribution >= 0.6 is 0 Å². The highest BCUT2D eigenvalue weighted by Crippen LogP contribution is 2.08. The number of nitrogens with two attached hydrogens (primary N) is 3. The molecule has 4 heteroatoms. The summed E-state index contributed by atoms with van der Waals surface area (Å²) in [6.07, 6.45) is 1.53. The Balaban J connectivity index is 2.83. The first kappa shape index (κ1) is 9.95. The topological polar surface area (TPSA) is 91.0 Å². The molecule has 13 heavy (non-hydrogen) atoms. The minimum absolute atomic E-state index is 0.596. The third-order valence-electron chi connectivity index (χ3n) is 1.75. The predicted octanol–water partition coefficient (Wildman–Crippen LogP) is -0.334. The zero-order valence-corrected chi connectivity index (χ0v) is 7.66. The molecule has 0 unspecified atom stereocenters. The van der Waals surface area contributed by atoms with Gasteiger partial charge in [-0.15, -0.1) is 0 Å². The van der Waals surface area contributed by atoms with Gasteiger partial charge in [-0.25, -0.2) is 0 Å². The van der Waals surface area contributed by atoms with Crippen LogP contribution in [0.15, 0.2) is 12.1 Å². The molecule has 0 fully saturated rings. The Hall–Kier alpha value is -1.13. The van der Waals surface area contributed by atoms with Crippen molar-refractivity contribution in [3.05, 3.63) is 23.5 Å². The van der Waals surface area contributed by atoms with Gasteiger partial charge in [-0.1, -0.05) is 0 Å². The van der Waals surface area contributed by atoms with E-state index in [0.29, 0.717) is 13.1 Å². The van der Waals surface area contributed by atoms with Gasteiger partial charge in [0.2, 0.25) is 0 Å². The van der Waals surface area contributed by atoms with Crippen molar-refractivity contribution in [1.29, 1.82) is 0 Å². The Morgan fingerprint density at radius 3 is 1.85 bits per heavy atom. The fourth-order valence-electron chi connectivity index (χ4n) is 1.23. The molecule has 0 saturated heterocycles. The molecule has 0 aliphatic rings. The van der Waals surface area contributed by atoms with E-state index in [-0.39, 0.29) is 0 Å². The number of rotatable bonds is 4. The number of pyridine rings is 1. The normalized spacial score (nSPS) is 10.3. The van der Waals surface area contributed by atoms with E-state index in [4.69, 9.17) is 17.2 Å². The third-order valence-corrected chi connectivity index (χ3v) is 1.75. The van der Waals surface area contributed by atoms with Crippen LogP contribution in [-0.4, -0.2) is 18.1 Å². The summed E-state index contributed by atoms with van der Waals surface area (Å²) < 4.78 is 0. The molecule has 0 radical (unpaired) electrons. The quantitative estimate of drug-likeness (QED) is 0.591. The summed E-state index contributed by atoms with van der Waals surface area (Å²) in [6, 6.07) is 3.71. The molecule has 0 amide bonds. The van der Waals surface area contributed by atoms with Crippen molar-refractivity contribution in [1.82, 2.24) is 4.98 Å². The van der Waals surface area contributed by atoms with Crippen molar-refractivity contribution in [2.24, 2.45) is 11.5 Å². The molecule has 1 rings (SSSR count). The van der Waals surface area contributed by atoms with Crippen LogP contribution in [0.4, 0.5) is 5.69 Å². The molecule has 0 aromatic carbocycles. The maximum absolute atomic E-state index is 5.70. The Kier molecular flexibility index (Phi) is 3.67. The van der Waals surface area contributed by atoms with Gasteiger partial charge in [0.05, 0.1) is 0 Å². The van der Waals surface area contributed by atoms with Gasteiger partial charge in [-0.3, -0.25) is 4.98 Å². The number of hydrogen-bond donors (Lipinski definition) is 3. The van der Waals surface area contributed by atoms with Gasteiger partial charge >= 0.3 is 0 Å². The zero-order valence-electron chi connectivity index (χ0n) is 7.66. The summed E-state index contributed by atoms with van der Waals surface area (Å²) in [5, 5.41) is 0. The van der Waals surface area contributed by atoms with Crippen LogP contribution in [0.25, 0.3) is 0 Å². The van der Waals surface area contributed by atoms with Crippen LogP contribution in [0.1, 0.15) is 11.4 Å². The van der Waals surface area contributed by atoms with Gasteiger partial charge < -0.3 is 17.2 Å². The molecule has 0 bridgehead atoms. The Morgan fingerprint density at radius 2 is 1.46 bits per heavy atom. The summed E-state index contributed by atoms with van der Waals surface area (Å²) >= 11 is 0. The van der Waals surface area contributed by atoms with Gasteiger partial charge in [0.15, 0.2) is 0 Å². The van der Waals surface area contributed by atoms with Gasteiger partial charge in [0.1, 0.15) is 0 Å². The molecular weight excluding hydrogens is 164 g/mol. The van der Waals surface area contributed by atoms with E-state index in [1.54, 1.807) is 0 Å². The highest BCUT2D eigenvalue weighted by atomic mass is 14.7. The lowest BCUT2D eigenvalue weighted by Crippen LogP contribution is -2.09. The highest BCUT2D eigenvalue weighted by molar-refractivity contribution is 5.40. The second-order valence-corrected chi connectivity index (χ2v) is 2.96. The van der Waals surface area contributed by atoms with E-state index in [0.717, 1.165) is 29.9 Å². The lowest BCUT2D eigenvalue weighted by molar-refractivity contribution is 0.869. The second kappa shape index (κ2) is 4.79. The number of anilines is 1. The first-order chi connectivity index (χ1) is 6.26. The minimum atomic E-state index is 0.596. The smallest absolute Gasteiger partial charge is 0.0439 e. The lowest BCUT2D eigenvalue weighted by atomic mass is 10.2.